The van der Waals surface area contributed by atoms with Gasteiger partial charge >= 0.3 is 0 Å². The second kappa shape index (κ2) is 8.78. The van der Waals surface area contributed by atoms with Crippen molar-refractivity contribution in [2.75, 3.05) is 12.0 Å². The molecule has 0 aromatic heterocycles. The molecule has 6 atom stereocenters. The van der Waals surface area contributed by atoms with Crippen LogP contribution in [0.1, 0.15) is 52.0 Å². The number of rotatable bonds is 3. The number of carbonyl (C=O) groups excluding carboxylic acids is 4. The monoisotopic (exact) mass is 542 g/mol. The van der Waals surface area contributed by atoms with E-state index in [1.54, 1.807) is 49.4 Å². The Bertz CT molecular complexity index is 1470. The summed E-state index contributed by atoms with van der Waals surface area (Å²) in [4.78, 5) is 58.6. The largest absolute Gasteiger partial charge is 0.508 e. The summed E-state index contributed by atoms with van der Waals surface area (Å²) in [5, 5.41) is 11.2. The summed E-state index contributed by atoms with van der Waals surface area (Å²) in [5.41, 5.74) is -0.209. The fourth-order valence-electron chi connectivity index (χ4n) is 7.81. The van der Waals surface area contributed by atoms with Crippen LogP contribution in [0.15, 0.2) is 60.2 Å². The standard InChI is InChI=1S/C32H34N2O6/c1-31(2,3)34-27(36)19-15-14-18-20(24(19)29(34)38)16-21-28(37)33(17-10-7-6-8-11-17)30(39)32(21,4)26(18)25-22(35)12-9-13-23(25)40-5/h6-14,19-21,24,26,35H,15-16H2,1-5H3. The number of nitrogens with zero attached hydrogens (tertiary/aromatic N) is 2. The SMILES string of the molecule is COc1cccc(O)c1C1C2=CCC3C(=O)N(C(C)(C)C)C(=O)C3C2CC2C(=O)N(c3ccccc3)C(=O)C21C. The molecule has 4 amide bonds. The number of para-hydroxylation sites is 1. The Hall–Kier alpha value is -3.94. The van der Waals surface area contributed by atoms with Crippen LogP contribution in [0, 0.1) is 29.1 Å². The number of hydrogen-bond donors (Lipinski definition) is 1. The fourth-order valence-corrected chi connectivity index (χ4v) is 7.81. The molecule has 1 saturated carbocycles. The van der Waals surface area contributed by atoms with Crippen molar-refractivity contribution in [1.29, 1.82) is 0 Å². The number of anilines is 1. The van der Waals surface area contributed by atoms with Crippen LogP contribution in [0.25, 0.3) is 0 Å². The third-order valence-electron chi connectivity index (χ3n) is 9.51. The lowest BCUT2D eigenvalue weighted by Crippen LogP contribution is -2.49. The molecule has 8 nitrogen and oxygen atoms in total. The van der Waals surface area contributed by atoms with Crippen LogP contribution in [0.3, 0.4) is 0 Å². The lowest BCUT2D eigenvalue weighted by Gasteiger charge is -2.49. The quantitative estimate of drug-likeness (QED) is 0.455. The van der Waals surface area contributed by atoms with Crippen molar-refractivity contribution in [2.45, 2.75) is 52.0 Å². The highest BCUT2D eigenvalue weighted by molar-refractivity contribution is 6.24. The maximum atomic E-state index is 14.4. The van der Waals surface area contributed by atoms with Gasteiger partial charge in [-0.2, -0.15) is 0 Å². The summed E-state index contributed by atoms with van der Waals surface area (Å²) < 4.78 is 5.69. The molecule has 2 aliphatic carbocycles. The smallest absolute Gasteiger partial charge is 0.241 e. The first-order valence-electron chi connectivity index (χ1n) is 13.8. The molecular weight excluding hydrogens is 508 g/mol. The van der Waals surface area contributed by atoms with E-state index in [2.05, 4.69) is 0 Å². The molecule has 40 heavy (non-hydrogen) atoms. The molecule has 208 valence electrons. The predicted octanol–water partition coefficient (Wildman–Crippen LogP) is 4.43. The number of hydrogen-bond acceptors (Lipinski definition) is 6. The first-order valence-corrected chi connectivity index (χ1v) is 13.8. The van der Waals surface area contributed by atoms with Gasteiger partial charge < -0.3 is 9.84 Å². The van der Waals surface area contributed by atoms with Crippen LogP contribution in [0.5, 0.6) is 11.5 Å². The Balaban J connectivity index is 1.56. The highest BCUT2D eigenvalue weighted by atomic mass is 16.5. The molecule has 2 aromatic rings. The zero-order valence-corrected chi connectivity index (χ0v) is 23.4. The van der Waals surface area contributed by atoms with Crippen molar-refractivity contribution in [3.8, 4) is 11.5 Å². The molecule has 6 rings (SSSR count). The summed E-state index contributed by atoms with van der Waals surface area (Å²) in [6, 6.07) is 13.8. The molecule has 4 aliphatic rings. The lowest BCUT2D eigenvalue weighted by molar-refractivity contribution is -0.145. The van der Waals surface area contributed by atoms with E-state index < -0.39 is 40.5 Å². The molecule has 0 bridgehead atoms. The van der Waals surface area contributed by atoms with Gasteiger partial charge in [-0.15, -0.1) is 0 Å². The van der Waals surface area contributed by atoms with Gasteiger partial charge in [-0.3, -0.25) is 24.1 Å². The lowest BCUT2D eigenvalue weighted by atomic mass is 9.51. The van der Waals surface area contributed by atoms with Crippen LogP contribution in [-0.4, -0.2) is 46.3 Å². The second-order valence-electron chi connectivity index (χ2n) is 12.6. The molecule has 0 spiro atoms. The number of phenols is 1. The van der Waals surface area contributed by atoms with Gasteiger partial charge in [0.15, 0.2) is 0 Å². The minimum absolute atomic E-state index is 0.0449. The highest BCUT2D eigenvalue weighted by Crippen LogP contribution is 2.65. The van der Waals surface area contributed by atoms with Gasteiger partial charge in [0.1, 0.15) is 11.5 Å². The molecule has 2 aromatic carbocycles. The predicted molar refractivity (Wildman–Crippen MR) is 147 cm³/mol. The second-order valence-corrected chi connectivity index (χ2v) is 12.6. The van der Waals surface area contributed by atoms with Crippen molar-refractivity contribution in [3.05, 3.63) is 65.7 Å². The molecule has 6 unspecified atom stereocenters. The average Bonchev–Trinajstić information content (AvgIpc) is 3.29. The van der Waals surface area contributed by atoms with Crippen molar-refractivity contribution in [1.82, 2.24) is 4.90 Å². The maximum Gasteiger partial charge on any atom is 0.241 e. The van der Waals surface area contributed by atoms with E-state index in [1.807, 2.05) is 32.9 Å². The van der Waals surface area contributed by atoms with Crippen LogP contribution < -0.4 is 9.64 Å². The number of fused-ring (bicyclic) bond motifs is 4. The number of carbonyl (C=O) groups is 4. The zero-order valence-electron chi connectivity index (χ0n) is 23.4. The Morgan fingerprint density at radius 2 is 1.62 bits per heavy atom. The van der Waals surface area contributed by atoms with Gasteiger partial charge in [0.25, 0.3) is 0 Å². The number of imide groups is 2. The summed E-state index contributed by atoms with van der Waals surface area (Å²) >= 11 is 0. The van der Waals surface area contributed by atoms with Crippen molar-refractivity contribution < 1.29 is 29.0 Å². The topological polar surface area (TPSA) is 104 Å². The zero-order chi connectivity index (χ0) is 28.7. The number of amides is 4. The summed E-state index contributed by atoms with van der Waals surface area (Å²) in [6.45, 7) is 7.33. The molecular formula is C32H34N2O6. The Kier molecular flexibility index (Phi) is 5.77. The van der Waals surface area contributed by atoms with E-state index in [1.165, 1.54) is 16.9 Å². The third-order valence-corrected chi connectivity index (χ3v) is 9.51. The minimum Gasteiger partial charge on any atom is -0.508 e. The van der Waals surface area contributed by atoms with Gasteiger partial charge in [0.2, 0.25) is 23.6 Å². The normalized spacial score (nSPS) is 31.6. The maximum absolute atomic E-state index is 14.4. The van der Waals surface area contributed by atoms with Gasteiger partial charge in [0.05, 0.1) is 36.0 Å². The first kappa shape index (κ1) is 26.3. The van der Waals surface area contributed by atoms with Crippen LogP contribution in [0.4, 0.5) is 5.69 Å². The number of phenolic OH excluding ortho intramolecular Hbond substituents is 1. The van der Waals surface area contributed by atoms with Gasteiger partial charge in [-0.1, -0.05) is 35.9 Å². The number of benzene rings is 2. The summed E-state index contributed by atoms with van der Waals surface area (Å²) in [6.07, 6.45) is 2.59. The molecule has 3 fully saturated rings. The minimum atomic E-state index is -1.25. The molecule has 1 N–H and O–H groups in total. The Morgan fingerprint density at radius 3 is 2.27 bits per heavy atom. The van der Waals surface area contributed by atoms with Crippen molar-refractivity contribution in [2.24, 2.45) is 29.1 Å². The molecule has 0 radical (unpaired) electrons. The van der Waals surface area contributed by atoms with Crippen LogP contribution >= 0.6 is 0 Å². The van der Waals surface area contributed by atoms with E-state index in [0.717, 1.165) is 5.57 Å². The van der Waals surface area contributed by atoms with Crippen LogP contribution in [0.2, 0.25) is 0 Å². The highest BCUT2D eigenvalue weighted by Gasteiger charge is 2.68. The van der Waals surface area contributed by atoms with Gasteiger partial charge in [-0.05, 0) is 70.7 Å². The fraction of sp³-hybridized carbons (Fsp3) is 0.438. The third kappa shape index (κ3) is 3.37. The molecule has 2 aliphatic heterocycles. The molecule has 2 saturated heterocycles. The molecule has 2 heterocycles. The number of allylic oxidation sites excluding steroid dienone is 2. The first-order chi connectivity index (χ1) is 18.9. The number of ether oxygens (including phenoxy) is 1. The number of methoxy groups -OCH3 is 1. The summed E-state index contributed by atoms with van der Waals surface area (Å²) in [5.74, 6) is -3.84. The average molecular weight is 543 g/mol. The van der Waals surface area contributed by atoms with E-state index in [-0.39, 0.29) is 35.8 Å². The van der Waals surface area contributed by atoms with E-state index >= 15 is 0 Å². The van der Waals surface area contributed by atoms with E-state index in [9.17, 15) is 24.3 Å². The van der Waals surface area contributed by atoms with E-state index in [4.69, 9.17) is 4.74 Å². The Labute approximate surface area is 233 Å². The molecule has 8 heteroatoms. The van der Waals surface area contributed by atoms with Gasteiger partial charge in [-0.25, -0.2) is 4.90 Å². The number of aromatic hydroxyl groups is 1. The van der Waals surface area contributed by atoms with Crippen molar-refractivity contribution >= 4 is 29.3 Å². The Morgan fingerprint density at radius 1 is 0.925 bits per heavy atom. The van der Waals surface area contributed by atoms with Gasteiger partial charge in [0, 0.05) is 17.0 Å². The van der Waals surface area contributed by atoms with E-state index in [0.29, 0.717) is 23.4 Å². The van der Waals surface area contributed by atoms with Crippen molar-refractivity contribution in [3.63, 3.8) is 0 Å². The number of likely N-dealkylation sites (tertiary alicyclic amines) is 1. The van der Waals surface area contributed by atoms with Crippen LogP contribution in [-0.2, 0) is 19.2 Å². The summed E-state index contributed by atoms with van der Waals surface area (Å²) in [7, 11) is 1.50.